The van der Waals surface area contributed by atoms with Crippen LogP contribution >= 0.6 is 11.3 Å². The fourth-order valence-electron chi connectivity index (χ4n) is 2.18. The second-order valence-electron chi connectivity index (χ2n) is 4.24. The van der Waals surface area contributed by atoms with Crippen LogP contribution in [0.1, 0.15) is 20.8 Å². The van der Waals surface area contributed by atoms with Gasteiger partial charge in [-0.3, -0.25) is 4.98 Å². The Morgan fingerprint density at radius 1 is 1.16 bits per heavy atom. The number of nitrogens with zero attached hydrogens (tertiary/aromatic N) is 1. The molecule has 0 bridgehead atoms. The molecule has 0 atom stereocenters. The maximum Gasteiger partial charge on any atom is 0.346 e. The molecule has 3 nitrogen and oxygen atoms in total. The van der Waals surface area contributed by atoms with Gasteiger partial charge in [0.25, 0.3) is 0 Å². The maximum atomic E-state index is 11.1. The zero-order valence-electron chi connectivity index (χ0n) is 10.0. The summed E-state index contributed by atoms with van der Waals surface area (Å²) in [5.41, 5.74) is 2.90. The van der Waals surface area contributed by atoms with Gasteiger partial charge in [-0.15, -0.1) is 11.3 Å². The molecule has 3 rings (SSSR count). The molecule has 4 heteroatoms. The van der Waals surface area contributed by atoms with E-state index in [9.17, 15) is 4.79 Å². The number of carboxylic acids is 1. The fraction of sp³-hybridized carbons (Fsp3) is 0.0667. The fourth-order valence-corrected chi connectivity index (χ4v) is 2.94. The van der Waals surface area contributed by atoms with Crippen molar-refractivity contribution in [3.05, 3.63) is 64.0 Å². The molecule has 2 heterocycles. The lowest BCUT2D eigenvalue weighted by molar-refractivity contribution is 0.0701. The predicted octanol–water partition coefficient (Wildman–Crippen LogP) is 3.59. The van der Waals surface area contributed by atoms with Crippen molar-refractivity contribution < 1.29 is 9.90 Å². The standard InChI is InChI=1S/C15H11NO2S/c17-15(18)14-11(6-8-19-14)9-10-5-7-16-13-4-2-1-3-12(10)13/h1-8H,9H2,(H,17,18). The van der Waals surface area contributed by atoms with Crippen molar-refractivity contribution in [3.8, 4) is 0 Å². The molecule has 0 aliphatic heterocycles. The van der Waals surface area contributed by atoms with E-state index in [4.69, 9.17) is 5.11 Å². The highest BCUT2D eigenvalue weighted by Crippen LogP contribution is 2.24. The second kappa shape index (κ2) is 4.82. The molecule has 0 unspecified atom stereocenters. The molecule has 3 aromatic rings. The van der Waals surface area contributed by atoms with Crippen molar-refractivity contribution in [2.75, 3.05) is 0 Å². The van der Waals surface area contributed by atoms with Crippen LogP contribution in [-0.2, 0) is 6.42 Å². The highest BCUT2D eigenvalue weighted by atomic mass is 32.1. The van der Waals surface area contributed by atoms with E-state index in [2.05, 4.69) is 4.98 Å². The van der Waals surface area contributed by atoms with Crippen LogP contribution in [0.4, 0.5) is 0 Å². The normalized spacial score (nSPS) is 10.7. The first-order chi connectivity index (χ1) is 9.25. The van der Waals surface area contributed by atoms with Crippen LogP contribution in [-0.4, -0.2) is 16.1 Å². The average molecular weight is 269 g/mol. The Balaban J connectivity index is 2.06. The first-order valence-electron chi connectivity index (χ1n) is 5.88. The Kier molecular flexibility index (Phi) is 3.01. The van der Waals surface area contributed by atoms with Gasteiger partial charge in [0.05, 0.1) is 5.52 Å². The largest absolute Gasteiger partial charge is 0.477 e. The van der Waals surface area contributed by atoms with Crippen molar-refractivity contribution >= 4 is 28.2 Å². The Morgan fingerprint density at radius 3 is 2.84 bits per heavy atom. The van der Waals surface area contributed by atoms with E-state index >= 15 is 0 Å². The Labute approximate surface area is 114 Å². The molecular formula is C15H11NO2S. The number of carboxylic acid groups (broad SMARTS) is 1. The number of aromatic nitrogens is 1. The third-order valence-electron chi connectivity index (χ3n) is 3.06. The molecule has 1 aromatic carbocycles. The van der Waals surface area contributed by atoms with Crippen molar-refractivity contribution in [3.63, 3.8) is 0 Å². The van der Waals surface area contributed by atoms with E-state index in [0.29, 0.717) is 11.3 Å². The number of benzene rings is 1. The summed E-state index contributed by atoms with van der Waals surface area (Å²) in [6.07, 6.45) is 2.39. The van der Waals surface area contributed by atoms with Crippen molar-refractivity contribution in [2.24, 2.45) is 0 Å². The summed E-state index contributed by atoms with van der Waals surface area (Å²) in [5.74, 6) is -0.858. The Morgan fingerprint density at radius 2 is 2.00 bits per heavy atom. The minimum absolute atomic E-state index is 0.417. The number of aromatic carboxylic acids is 1. The molecule has 0 saturated heterocycles. The summed E-state index contributed by atoms with van der Waals surface area (Å²) in [6.45, 7) is 0. The molecule has 19 heavy (non-hydrogen) atoms. The number of pyridine rings is 1. The Bertz CT molecular complexity index is 743. The molecule has 0 fully saturated rings. The molecule has 94 valence electrons. The van der Waals surface area contributed by atoms with Crippen molar-refractivity contribution in [1.29, 1.82) is 0 Å². The lowest BCUT2D eigenvalue weighted by Gasteiger charge is -2.05. The number of hydrogen-bond donors (Lipinski definition) is 1. The van der Waals surface area contributed by atoms with Gasteiger partial charge in [0, 0.05) is 11.6 Å². The summed E-state index contributed by atoms with van der Waals surface area (Å²) >= 11 is 1.27. The van der Waals surface area contributed by atoms with Crippen LogP contribution in [0.3, 0.4) is 0 Å². The van der Waals surface area contributed by atoms with Crippen LogP contribution in [0.25, 0.3) is 10.9 Å². The quantitative estimate of drug-likeness (QED) is 0.790. The lowest BCUT2D eigenvalue weighted by atomic mass is 10.0. The van der Waals surface area contributed by atoms with Crippen LogP contribution < -0.4 is 0 Å². The van der Waals surface area contributed by atoms with E-state index in [1.165, 1.54) is 11.3 Å². The highest BCUT2D eigenvalue weighted by molar-refractivity contribution is 7.12. The molecule has 0 amide bonds. The minimum Gasteiger partial charge on any atom is -0.477 e. The molecular weight excluding hydrogens is 258 g/mol. The van der Waals surface area contributed by atoms with Crippen molar-refractivity contribution in [2.45, 2.75) is 6.42 Å². The zero-order valence-corrected chi connectivity index (χ0v) is 10.9. The summed E-state index contributed by atoms with van der Waals surface area (Å²) in [5, 5.41) is 12.0. The molecule has 0 spiro atoms. The first kappa shape index (κ1) is 11.9. The molecule has 2 aromatic heterocycles. The number of rotatable bonds is 3. The van der Waals surface area contributed by atoms with Gasteiger partial charge >= 0.3 is 5.97 Å². The Hall–Kier alpha value is -2.20. The summed E-state index contributed by atoms with van der Waals surface area (Å²) in [7, 11) is 0. The van der Waals surface area contributed by atoms with E-state index in [1.807, 2.05) is 41.8 Å². The highest BCUT2D eigenvalue weighted by Gasteiger charge is 2.13. The summed E-state index contributed by atoms with van der Waals surface area (Å²) in [6, 6.07) is 11.7. The number of para-hydroxylation sites is 1. The number of thiophene rings is 1. The lowest BCUT2D eigenvalue weighted by Crippen LogP contribution is -1.99. The van der Waals surface area contributed by atoms with Gasteiger partial charge in [-0.25, -0.2) is 4.79 Å². The smallest absolute Gasteiger partial charge is 0.346 e. The zero-order chi connectivity index (χ0) is 13.2. The van der Waals surface area contributed by atoms with Gasteiger partial charge in [-0.05, 0) is 41.1 Å². The second-order valence-corrected chi connectivity index (χ2v) is 5.16. The van der Waals surface area contributed by atoms with Gasteiger partial charge in [0.15, 0.2) is 0 Å². The van der Waals surface area contributed by atoms with Gasteiger partial charge in [-0.2, -0.15) is 0 Å². The van der Waals surface area contributed by atoms with Crippen LogP contribution in [0.5, 0.6) is 0 Å². The van der Waals surface area contributed by atoms with Gasteiger partial charge < -0.3 is 5.11 Å². The molecule has 0 saturated carbocycles. The maximum absolute atomic E-state index is 11.1. The number of carbonyl (C=O) groups is 1. The monoisotopic (exact) mass is 269 g/mol. The molecule has 0 aliphatic rings. The van der Waals surface area contributed by atoms with E-state index in [-0.39, 0.29) is 0 Å². The van der Waals surface area contributed by atoms with Crippen LogP contribution in [0, 0.1) is 0 Å². The van der Waals surface area contributed by atoms with Crippen LogP contribution in [0.15, 0.2) is 48.0 Å². The minimum atomic E-state index is -0.858. The van der Waals surface area contributed by atoms with Gasteiger partial charge in [0.2, 0.25) is 0 Å². The molecule has 0 radical (unpaired) electrons. The van der Waals surface area contributed by atoms with E-state index in [0.717, 1.165) is 22.0 Å². The molecule has 1 N–H and O–H groups in total. The third-order valence-corrected chi connectivity index (χ3v) is 4.01. The SMILES string of the molecule is O=C(O)c1sccc1Cc1ccnc2ccccc12. The average Bonchev–Trinajstić information content (AvgIpc) is 2.87. The third kappa shape index (κ3) is 2.22. The van der Waals surface area contributed by atoms with E-state index < -0.39 is 5.97 Å². The summed E-state index contributed by atoms with van der Waals surface area (Å²) in [4.78, 5) is 15.9. The number of fused-ring (bicyclic) bond motifs is 1. The first-order valence-corrected chi connectivity index (χ1v) is 6.76. The van der Waals surface area contributed by atoms with E-state index in [1.54, 1.807) is 6.20 Å². The van der Waals surface area contributed by atoms with Crippen LogP contribution in [0.2, 0.25) is 0 Å². The van der Waals surface area contributed by atoms with Gasteiger partial charge in [0.1, 0.15) is 4.88 Å². The van der Waals surface area contributed by atoms with Gasteiger partial charge in [-0.1, -0.05) is 18.2 Å². The molecule has 0 aliphatic carbocycles. The summed E-state index contributed by atoms with van der Waals surface area (Å²) < 4.78 is 0. The topological polar surface area (TPSA) is 50.2 Å². The predicted molar refractivity (Wildman–Crippen MR) is 75.8 cm³/mol. The van der Waals surface area contributed by atoms with Crippen molar-refractivity contribution in [1.82, 2.24) is 4.98 Å². The number of hydrogen-bond acceptors (Lipinski definition) is 3.